The monoisotopic (exact) mass is 279 g/mol. The first kappa shape index (κ1) is 15.2. The zero-order valence-corrected chi connectivity index (χ0v) is 12.0. The van der Waals surface area contributed by atoms with Crippen molar-refractivity contribution in [2.24, 2.45) is 0 Å². The lowest BCUT2D eigenvalue weighted by molar-refractivity contribution is 0.174. The number of pyridine rings is 1. The van der Waals surface area contributed by atoms with Crippen LogP contribution in [0.1, 0.15) is 24.8 Å². The molecule has 0 aliphatic carbocycles. The van der Waals surface area contributed by atoms with Crippen molar-refractivity contribution in [2.45, 2.75) is 25.8 Å². The Morgan fingerprint density at radius 1 is 1.10 bits per heavy atom. The normalized spacial score (nSPS) is 15.2. The molecule has 5 nitrogen and oxygen atoms in total. The van der Waals surface area contributed by atoms with Crippen LogP contribution in [0.2, 0.25) is 0 Å². The third-order valence-corrected chi connectivity index (χ3v) is 3.69. The molecular formula is C15H25N3O2. The minimum absolute atomic E-state index is 0.144. The summed E-state index contributed by atoms with van der Waals surface area (Å²) < 4.78 is 0. The lowest BCUT2D eigenvalue weighted by atomic mass is 10.2. The first-order valence-electron chi connectivity index (χ1n) is 7.47. The van der Waals surface area contributed by atoms with Crippen LogP contribution >= 0.6 is 0 Å². The molecule has 2 heterocycles. The van der Waals surface area contributed by atoms with Crippen LogP contribution in [-0.4, -0.2) is 59.5 Å². The van der Waals surface area contributed by atoms with Crippen LogP contribution in [0.5, 0.6) is 0 Å². The molecule has 0 atom stereocenters. The molecule has 5 heteroatoms. The van der Waals surface area contributed by atoms with Gasteiger partial charge in [-0.3, -0.25) is 4.90 Å². The predicted octanol–water partition coefficient (Wildman–Crippen LogP) is 0.858. The van der Waals surface area contributed by atoms with E-state index in [-0.39, 0.29) is 13.2 Å². The number of rotatable bonds is 8. The largest absolute Gasteiger partial charge is 0.396 e. The smallest absolute Gasteiger partial charge is 0.128 e. The van der Waals surface area contributed by atoms with Crippen LogP contribution in [0.15, 0.2) is 18.3 Å². The van der Waals surface area contributed by atoms with Crippen molar-refractivity contribution < 1.29 is 10.2 Å². The maximum atomic E-state index is 9.08. The molecule has 0 aromatic carbocycles. The molecule has 0 spiro atoms. The SMILES string of the molecule is OCCCN(CCO)Cc1ccc(N2CCCC2)nc1. The molecule has 0 unspecified atom stereocenters. The zero-order valence-electron chi connectivity index (χ0n) is 12.0. The topological polar surface area (TPSA) is 59.8 Å². The summed E-state index contributed by atoms with van der Waals surface area (Å²) in [5.41, 5.74) is 1.15. The van der Waals surface area contributed by atoms with Gasteiger partial charge >= 0.3 is 0 Å². The Morgan fingerprint density at radius 3 is 2.50 bits per heavy atom. The van der Waals surface area contributed by atoms with E-state index < -0.39 is 0 Å². The van der Waals surface area contributed by atoms with E-state index in [1.165, 1.54) is 12.8 Å². The summed E-state index contributed by atoms with van der Waals surface area (Å²) in [5.74, 6) is 1.07. The van der Waals surface area contributed by atoms with E-state index in [1.54, 1.807) is 0 Å². The van der Waals surface area contributed by atoms with Crippen molar-refractivity contribution in [1.82, 2.24) is 9.88 Å². The van der Waals surface area contributed by atoms with Gasteiger partial charge in [-0.05, 0) is 30.9 Å². The molecule has 1 saturated heterocycles. The van der Waals surface area contributed by atoms with Crippen molar-refractivity contribution in [3.63, 3.8) is 0 Å². The molecule has 0 radical (unpaired) electrons. The number of aliphatic hydroxyl groups is 2. The second kappa shape index (κ2) is 8.19. The fraction of sp³-hybridized carbons (Fsp3) is 0.667. The maximum Gasteiger partial charge on any atom is 0.128 e. The number of nitrogens with zero attached hydrogens (tertiary/aromatic N) is 3. The Labute approximate surface area is 120 Å². The van der Waals surface area contributed by atoms with Gasteiger partial charge < -0.3 is 15.1 Å². The average Bonchev–Trinajstić information content (AvgIpc) is 3.00. The minimum Gasteiger partial charge on any atom is -0.396 e. The second-order valence-electron chi connectivity index (χ2n) is 5.30. The van der Waals surface area contributed by atoms with Gasteiger partial charge in [-0.25, -0.2) is 4.98 Å². The Kier molecular flexibility index (Phi) is 6.24. The highest BCUT2D eigenvalue weighted by molar-refractivity contribution is 5.40. The fourth-order valence-electron chi connectivity index (χ4n) is 2.61. The fourth-order valence-corrected chi connectivity index (χ4v) is 2.61. The Bertz CT molecular complexity index is 377. The lowest BCUT2D eigenvalue weighted by Crippen LogP contribution is -2.28. The number of hydrogen-bond acceptors (Lipinski definition) is 5. The summed E-state index contributed by atoms with van der Waals surface area (Å²) >= 11 is 0. The van der Waals surface area contributed by atoms with Crippen molar-refractivity contribution in [1.29, 1.82) is 0 Å². The molecule has 0 amide bonds. The Hall–Kier alpha value is -1.17. The quantitative estimate of drug-likeness (QED) is 0.739. The van der Waals surface area contributed by atoms with Crippen molar-refractivity contribution in [3.8, 4) is 0 Å². The number of aliphatic hydroxyl groups excluding tert-OH is 2. The van der Waals surface area contributed by atoms with E-state index >= 15 is 0 Å². The van der Waals surface area contributed by atoms with E-state index in [2.05, 4.69) is 26.9 Å². The summed E-state index contributed by atoms with van der Waals surface area (Å²) in [5, 5.41) is 18.0. The van der Waals surface area contributed by atoms with Gasteiger partial charge in [0, 0.05) is 45.5 Å². The molecule has 1 fully saturated rings. The molecule has 112 valence electrons. The Morgan fingerprint density at radius 2 is 1.90 bits per heavy atom. The van der Waals surface area contributed by atoms with Crippen molar-refractivity contribution in [2.75, 3.05) is 44.3 Å². The number of hydrogen-bond donors (Lipinski definition) is 2. The van der Waals surface area contributed by atoms with E-state index in [4.69, 9.17) is 10.2 Å². The molecule has 2 rings (SSSR count). The van der Waals surface area contributed by atoms with E-state index in [0.29, 0.717) is 6.54 Å². The highest BCUT2D eigenvalue weighted by Gasteiger charge is 2.13. The minimum atomic E-state index is 0.144. The second-order valence-corrected chi connectivity index (χ2v) is 5.30. The molecule has 1 aliphatic rings. The van der Waals surface area contributed by atoms with Crippen LogP contribution in [0, 0.1) is 0 Å². The van der Waals surface area contributed by atoms with E-state index in [9.17, 15) is 0 Å². The summed E-state index contributed by atoms with van der Waals surface area (Å²) in [7, 11) is 0. The van der Waals surface area contributed by atoms with Crippen LogP contribution in [0.25, 0.3) is 0 Å². The first-order chi connectivity index (χ1) is 9.83. The molecule has 0 saturated carbocycles. The Balaban J connectivity index is 1.90. The number of aromatic nitrogens is 1. The standard InChI is InChI=1S/C15H25N3O2/c19-10-3-6-17(9-11-20)13-14-4-5-15(16-12-14)18-7-1-2-8-18/h4-5,12,19-20H,1-3,6-11,13H2. The maximum absolute atomic E-state index is 9.08. The van der Waals surface area contributed by atoms with Crippen LogP contribution in [0.4, 0.5) is 5.82 Å². The van der Waals surface area contributed by atoms with Gasteiger partial charge in [0.1, 0.15) is 5.82 Å². The summed E-state index contributed by atoms with van der Waals surface area (Å²) in [4.78, 5) is 9.00. The van der Waals surface area contributed by atoms with Gasteiger partial charge in [0.05, 0.1) is 6.61 Å². The average molecular weight is 279 g/mol. The third-order valence-electron chi connectivity index (χ3n) is 3.69. The van der Waals surface area contributed by atoms with Gasteiger partial charge in [-0.2, -0.15) is 0 Å². The molecule has 20 heavy (non-hydrogen) atoms. The van der Waals surface area contributed by atoms with Gasteiger partial charge in [-0.1, -0.05) is 6.07 Å². The highest BCUT2D eigenvalue weighted by Crippen LogP contribution is 2.18. The van der Waals surface area contributed by atoms with Crippen molar-refractivity contribution >= 4 is 5.82 Å². The third kappa shape index (κ3) is 4.44. The van der Waals surface area contributed by atoms with Crippen LogP contribution in [0.3, 0.4) is 0 Å². The predicted molar refractivity (Wildman–Crippen MR) is 79.7 cm³/mol. The number of anilines is 1. The van der Waals surface area contributed by atoms with Gasteiger partial charge in [0.2, 0.25) is 0 Å². The van der Waals surface area contributed by atoms with Gasteiger partial charge in [-0.15, -0.1) is 0 Å². The molecule has 1 aromatic heterocycles. The van der Waals surface area contributed by atoms with E-state index in [1.807, 2.05) is 6.20 Å². The molecule has 1 aliphatic heterocycles. The summed E-state index contributed by atoms with van der Waals surface area (Å²) in [6.45, 7) is 4.75. The van der Waals surface area contributed by atoms with E-state index in [0.717, 1.165) is 44.0 Å². The summed E-state index contributed by atoms with van der Waals surface area (Å²) in [6.07, 6.45) is 5.18. The van der Waals surface area contributed by atoms with Gasteiger partial charge in [0.15, 0.2) is 0 Å². The highest BCUT2D eigenvalue weighted by atomic mass is 16.3. The lowest BCUT2D eigenvalue weighted by Gasteiger charge is -2.21. The summed E-state index contributed by atoms with van der Waals surface area (Å²) in [6, 6.07) is 4.20. The van der Waals surface area contributed by atoms with Crippen LogP contribution < -0.4 is 4.90 Å². The molecular weight excluding hydrogens is 254 g/mol. The van der Waals surface area contributed by atoms with Crippen molar-refractivity contribution in [3.05, 3.63) is 23.9 Å². The molecule has 2 N–H and O–H groups in total. The first-order valence-corrected chi connectivity index (χ1v) is 7.47. The van der Waals surface area contributed by atoms with Crippen LogP contribution in [-0.2, 0) is 6.54 Å². The zero-order chi connectivity index (χ0) is 14.2. The van der Waals surface area contributed by atoms with Gasteiger partial charge in [0.25, 0.3) is 0 Å². The molecule has 1 aromatic rings. The molecule has 0 bridgehead atoms.